The fourth-order valence-corrected chi connectivity index (χ4v) is 19.6. The zero-order valence-electron chi connectivity index (χ0n) is 45.6. The van der Waals surface area contributed by atoms with Crippen LogP contribution in [0.3, 0.4) is 0 Å². The van der Waals surface area contributed by atoms with Gasteiger partial charge < -0.3 is 14.0 Å². The van der Waals surface area contributed by atoms with E-state index in [-0.39, 0.29) is 12.1 Å². The van der Waals surface area contributed by atoms with Crippen LogP contribution in [0.15, 0.2) is 285 Å². The highest BCUT2D eigenvalue weighted by Gasteiger charge is 2.54. The predicted octanol–water partition coefficient (Wildman–Crippen LogP) is 14.5. The number of fused-ring (bicyclic) bond motifs is 10. The number of aromatic nitrogens is 2. The number of benzene rings is 12. The molecule has 12 aromatic carbocycles. The third-order valence-corrected chi connectivity index (χ3v) is 22.7. The van der Waals surface area contributed by atoms with Gasteiger partial charge in [0.1, 0.15) is 0 Å². The van der Waals surface area contributed by atoms with Crippen molar-refractivity contribution in [2.24, 2.45) is 0 Å². The van der Waals surface area contributed by atoms with Gasteiger partial charge in [-0.1, -0.05) is 257 Å². The van der Waals surface area contributed by atoms with Crippen LogP contribution < -0.4 is 42.0 Å². The average Bonchev–Trinajstić information content (AvgIpc) is 3.93. The van der Waals surface area contributed by atoms with Crippen LogP contribution in [-0.2, 0) is 5.41 Å². The van der Waals surface area contributed by atoms with E-state index in [4.69, 9.17) is 0 Å². The fraction of sp³-hybridized carbons (Fsp3) is 0.0526. The second kappa shape index (κ2) is 18.2. The standard InChI is InChI=1S/C76H56BN3Si/c1-76(2,3)53-47-71-74-73(48-53)81(56-29-12-6-13-30-56,57-31-14-7-15-32-57)72-50-55(79-68-41-22-18-35-62(68)63-36-19-23-42-69(63)79)44-46-65(72)77(74)64-45-43-54(78-66-39-20-16-33-60(66)61-34-17-21-40-67(61)78)49-70(64)80(71)75-58(51-25-8-4-9-26-51)37-24-38-59(75)52-27-10-5-11-28-52/h4-50H,1-3H3. The number of hydrogen-bond acceptors (Lipinski definition) is 1. The van der Waals surface area contributed by atoms with Gasteiger partial charge in [-0.2, -0.15) is 0 Å². The molecule has 16 rings (SSSR count). The van der Waals surface area contributed by atoms with E-state index in [0.29, 0.717) is 0 Å². The third kappa shape index (κ3) is 7.01. The molecule has 2 aromatic heterocycles. The van der Waals surface area contributed by atoms with Crippen molar-refractivity contribution in [3.63, 3.8) is 0 Å². The van der Waals surface area contributed by atoms with E-state index in [1.165, 1.54) is 131 Å². The van der Waals surface area contributed by atoms with E-state index in [0.717, 1.165) is 5.69 Å². The van der Waals surface area contributed by atoms with Gasteiger partial charge >= 0.3 is 0 Å². The minimum absolute atomic E-state index is 0.109. The van der Waals surface area contributed by atoms with E-state index >= 15 is 0 Å². The topological polar surface area (TPSA) is 13.1 Å². The molecular formula is C76H56BN3Si. The normalized spacial score (nSPS) is 13.4. The Hall–Kier alpha value is -9.68. The molecule has 0 fully saturated rings. The molecule has 0 atom stereocenters. The molecular weight excluding hydrogens is 994 g/mol. The Morgan fingerprint density at radius 3 is 1.23 bits per heavy atom. The van der Waals surface area contributed by atoms with Crippen molar-refractivity contribution >= 4 is 113 Å². The first-order valence-electron chi connectivity index (χ1n) is 28.5. The first kappa shape index (κ1) is 47.3. The highest BCUT2D eigenvalue weighted by Crippen LogP contribution is 2.49. The Morgan fingerprint density at radius 2 is 0.765 bits per heavy atom. The number of anilines is 3. The van der Waals surface area contributed by atoms with Crippen LogP contribution in [0, 0.1) is 0 Å². The molecule has 0 unspecified atom stereocenters. The van der Waals surface area contributed by atoms with Gasteiger partial charge in [-0.25, -0.2) is 0 Å². The molecule has 2 aliphatic rings. The lowest BCUT2D eigenvalue weighted by molar-refractivity contribution is 0.591. The molecule has 3 nitrogen and oxygen atoms in total. The smallest absolute Gasteiger partial charge is 0.246 e. The summed E-state index contributed by atoms with van der Waals surface area (Å²) in [6.07, 6.45) is 0. The minimum atomic E-state index is -3.29. The lowest BCUT2D eigenvalue weighted by atomic mass is 9.34. The molecule has 0 radical (unpaired) electrons. The Bertz CT molecular complexity index is 4600. The zero-order chi connectivity index (χ0) is 54.0. The quantitative estimate of drug-likeness (QED) is 0.145. The summed E-state index contributed by atoms with van der Waals surface area (Å²) < 4.78 is 5.01. The second-order valence-electron chi connectivity index (χ2n) is 23.1. The van der Waals surface area contributed by atoms with E-state index in [2.05, 4.69) is 320 Å². The maximum Gasteiger partial charge on any atom is 0.246 e. The molecule has 14 aromatic rings. The summed E-state index contributed by atoms with van der Waals surface area (Å²) in [6, 6.07) is 108. The monoisotopic (exact) mass is 1050 g/mol. The summed E-state index contributed by atoms with van der Waals surface area (Å²) in [5, 5.41) is 10.6. The van der Waals surface area contributed by atoms with Crippen molar-refractivity contribution in [1.29, 1.82) is 0 Å². The maximum atomic E-state index is 2.72. The molecule has 382 valence electrons. The van der Waals surface area contributed by atoms with E-state index in [9.17, 15) is 0 Å². The molecule has 4 heterocycles. The summed E-state index contributed by atoms with van der Waals surface area (Å²) in [6.45, 7) is 7.10. The van der Waals surface area contributed by atoms with Crippen molar-refractivity contribution in [3.05, 3.63) is 291 Å². The Labute approximate surface area is 474 Å². The summed E-state index contributed by atoms with van der Waals surface area (Å²) >= 11 is 0. The number of para-hydroxylation sites is 5. The van der Waals surface area contributed by atoms with Crippen LogP contribution in [0.25, 0.3) is 77.2 Å². The zero-order valence-corrected chi connectivity index (χ0v) is 46.6. The van der Waals surface area contributed by atoms with Crippen LogP contribution in [0.4, 0.5) is 17.1 Å². The van der Waals surface area contributed by atoms with Gasteiger partial charge in [0.15, 0.2) is 8.07 Å². The maximum absolute atomic E-state index is 3.29. The van der Waals surface area contributed by atoms with Crippen LogP contribution in [0.1, 0.15) is 26.3 Å². The number of hydrogen-bond donors (Lipinski definition) is 0. The van der Waals surface area contributed by atoms with Gasteiger partial charge in [0.25, 0.3) is 0 Å². The summed E-state index contributed by atoms with van der Waals surface area (Å²) in [5.41, 5.74) is 20.5. The van der Waals surface area contributed by atoms with Crippen LogP contribution >= 0.6 is 0 Å². The van der Waals surface area contributed by atoms with Crippen LogP contribution in [-0.4, -0.2) is 23.9 Å². The third-order valence-electron chi connectivity index (χ3n) is 17.8. The van der Waals surface area contributed by atoms with Crippen LogP contribution in [0.5, 0.6) is 0 Å². The highest BCUT2D eigenvalue weighted by atomic mass is 28.3. The van der Waals surface area contributed by atoms with Gasteiger partial charge in [0.2, 0.25) is 6.71 Å². The molecule has 0 spiro atoms. The summed E-state index contributed by atoms with van der Waals surface area (Å²) in [4.78, 5) is 2.72. The molecule has 0 aliphatic carbocycles. The highest BCUT2D eigenvalue weighted by molar-refractivity contribution is 7.26. The van der Waals surface area contributed by atoms with Crippen molar-refractivity contribution in [2.75, 3.05) is 4.90 Å². The lowest BCUT2D eigenvalue weighted by Crippen LogP contribution is -2.87. The van der Waals surface area contributed by atoms with E-state index < -0.39 is 8.07 Å². The van der Waals surface area contributed by atoms with Gasteiger partial charge in [-0.15, -0.1) is 0 Å². The van der Waals surface area contributed by atoms with E-state index in [1.54, 1.807) is 0 Å². The summed E-state index contributed by atoms with van der Waals surface area (Å²) in [5.74, 6) is 0. The molecule has 0 amide bonds. The Kier molecular flexibility index (Phi) is 10.6. The number of nitrogens with zero attached hydrogens (tertiary/aromatic N) is 3. The van der Waals surface area contributed by atoms with Gasteiger partial charge in [0, 0.05) is 55.4 Å². The molecule has 81 heavy (non-hydrogen) atoms. The molecule has 0 saturated carbocycles. The number of rotatable bonds is 7. The molecule has 2 aliphatic heterocycles. The minimum Gasteiger partial charge on any atom is -0.310 e. The van der Waals surface area contributed by atoms with Crippen molar-refractivity contribution in [1.82, 2.24) is 9.13 Å². The first-order valence-corrected chi connectivity index (χ1v) is 30.5. The second-order valence-corrected chi connectivity index (χ2v) is 26.9. The van der Waals surface area contributed by atoms with Gasteiger partial charge in [-0.05, 0) is 108 Å². The van der Waals surface area contributed by atoms with Crippen molar-refractivity contribution in [3.8, 4) is 33.6 Å². The SMILES string of the molecule is CC(C)(C)c1cc2c3c(c1)[Si](c1ccccc1)(c1ccccc1)c1cc(-n4c5ccccc5c5ccccc54)ccc1B3c1ccc(-n3c4ccccc4c4ccccc43)cc1N2c1c(-c2ccccc2)cccc1-c1ccccc1. The molecule has 0 saturated heterocycles. The first-order chi connectivity index (χ1) is 39.9. The summed E-state index contributed by atoms with van der Waals surface area (Å²) in [7, 11) is -3.29. The van der Waals surface area contributed by atoms with E-state index in [1.807, 2.05) is 0 Å². The predicted molar refractivity (Wildman–Crippen MR) is 348 cm³/mol. The van der Waals surface area contributed by atoms with Gasteiger partial charge in [0.05, 0.1) is 27.8 Å². The van der Waals surface area contributed by atoms with Crippen LogP contribution in [0.2, 0.25) is 0 Å². The lowest BCUT2D eigenvalue weighted by Gasteiger charge is -2.48. The molecule has 0 bridgehead atoms. The molecule has 5 heteroatoms. The van der Waals surface area contributed by atoms with Crippen molar-refractivity contribution in [2.45, 2.75) is 26.2 Å². The van der Waals surface area contributed by atoms with Crippen molar-refractivity contribution < 1.29 is 0 Å². The van der Waals surface area contributed by atoms with Gasteiger partial charge in [-0.3, -0.25) is 0 Å². The molecule has 0 N–H and O–H groups in total. The Balaban J connectivity index is 1.10. The fourth-order valence-electron chi connectivity index (χ4n) is 14.3. The largest absolute Gasteiger partial charge is 0.310 e. The average molecular weight is 1050 g/mol. The Morgan fingerprint density at radius 1 is 0.346 bits per heavy atom.